The van der Waals surface area contributed by atoms with Crippen LogP contribution in [0.15, 0.2) is 11.8 Å². The van der Waals surface area contributed by atoms with Crippen molar-refractivity contribution in [1.29, 1.82) is 0 Å². The van der Waals surface area contributed by atoms with E-state index in [1.54, 1.807) is 6.08 Å². The molecule has 0 aromatic heterocycles. The van der Waals surface area contributed by atoms with Gasteiger partial charge in [-0.3, -0.25) is 9.00 Å². The molecule has 2 rings (SSSR count). The van der Waals surface area contributed by atoms with Gasteiger partial charge in [0.15, 0.2) is 5.78 Å². The predicted molar refractivity (Wildman–Crippen MR) is 56.4 cm³/mol. The Morgan fingerprint density at radius 2 is 2.00 bits per heavy atom. The molecule has 1 saturated heterocycles. The molecule has 0 aromatic carbocycles. The molecule has 0 bridgehead atoms. The van der Waals surface area contributed by atoms with Gasteiger partial charge in [-0.15, -0.1) is 0 Å². The van der Waals surface area contributed by atoms with Crippen LogP contribution in [0.3, 0.4) is 0 Å². The van der Waals surface area contributed by atoms with E-state index in [1.807, 2.05) is 0 Å². The van der Waals surface area contributed by atoms with Crippen molar-refractivity contribution in [3.05, 3.63) is 11.8 Å². The third kappa shape index (κ3) is 2.44. The van der Waals surface area contributed by atoms with Gasteiger partial charge in [-0.1, -0.05) is 0 Å². The Hall–Kier alpha value is -0.640. The summed E-state index contributed by atoms with van der Waals surface area (Å²) >= 11 is 0. The van der Waals surface area contributed by atoms with Crippen LogP contribution in [-0.4, -0.2) is 27.5 Å². The minimum atomic E-state index is -0.597. The van der Waals surface area contributed by atoms with E-state index in [-0.39, 0.29) is 5.78 Å². The van der Waals surface area contributed by atoms with E-state index in [4.69, 9.17) is 0 Å². The highest BCUT2D eigenvalue weighted by Crippen LogP contribution is 2.16. The van der Waals surface area contributed by atoms with Crippen LogP contribution in [0.1, 0.15) is 25.7 Å². The zero-order valence-corrected chi connectivity index (χ0v) is 8.94. The third-order valence-corrected chi connectivity index (χ3v) is 4.14. The molecule has 0 spiro atoms. The van der Waals surface area contributed by atoms with E-state index in [1.165, 1.54) is 0 Å². The van der Waals surface area contributed by atoms with Gasteiger partial charge in [-0.2, -0.15) is 0 Å². The molecule has 0 saturated carbocycles. The lowest BCUT2D eigenvalue weighted by Gasteiger charge is -2.23. The van der Waals surface area contributed by atoms with Crippen LogP contribution in [-0.2, 0) is 15.6 Å². The maximum atomic E-state index is 11.1. The summed E-state index contributed by atoms with van der Waals surface area (Å²) in [6.45, 7) is 0. The van der Waals surface area contributed by atoms with Gasteiger partial charge in [0.05, 0.1) is 0 Å². The number of nitrogens with one attached hydrogen (secondary N) is 1. The molecule has 1 aliphatic carbocycles. The van der Waals surface area contributed by atoms with Gasteiger partial charge in [0.2, 0.25) is 0 Å². The second kappa shape index (κ2) is 4.26. The van der Waals surface area contributed by atoms with Crippen LogP contribution in [0.2, 0.25) is 0 Å². The van der Waals surface area contributed by atoms with Crippen LogP contribution in [0, 0.1) is 0 Å². The zero-order valence-electron chi connectivity index (χ0n) is 8.12. The van der Waals surface area contributed by atoms with Gasteiger partial charge in [0.25, 0.3) is 0 Å². The Morgan fingerprint density at radius 3 is 2.57 bits per heavy atom. The summed E-state index contributed by atoms with van der Waals surface area (Å²) in [5.74, 6) is 1.84. The Bertz CT molecular complexity index is 288. The van der Waals surface area contributed by atoms with E-state index in [9.17, 15) is 9.00 Å². The lowest BCUT2D eigenvalue weighted by molar-refractivity contribution is -0.114. The van der Waals surface area contributed by atoms with Gasteiger partial charge in [0.1, 0.15) is 0 Å². The molecule has 0 unspecified atom stereocenters. The monoisotopic (exact) mass is 213 g/mol. The molecule has 0 amide bonds. The fraction of sp³-hybridized carbons (Fsp3) is 0.700. The SMILES string of the molecule is O=C1C=C(NC2CCS(=O)CC2)CC1. The molecule has 14 heavy (non-hydrogen) atoms. The lowest BCUT2D eigenvalue weighted by Crippen LogP contribution is -2.34. The zero-order chi connectivity index (χ0) is 9.97. The van der Waals surface area contributed by atoms with E-state index >= 15 is 0 Å². The number of ketones is 1. The van der Waals surface area contributed by atoms with Crippen molar-refractivity contribution in [3.8, 4) is 0 Å². The van der Waals surface area contributed by atoms with E-state index in [0.717, 1.165) is 36.5 Å². The first-order chi connectivity index (χ1) is 6.74. The molecular weight excluding hydrogens is 198 g/mol. The minimum absolute atomic E-state index is 0.229. The lowest BCUT2D eigenvalue weighted by atomic mass is 10.1. The summed E-state index contributed by atoms with van der Waals surface area (Å²) in [5.41, 5.74) is 1.08. The summed E-state index contributed by atoms with van der Waals surface area (Å²) in [6, 6.07) is 0.435. The first-order valence-corrected chi connectivity index (χ1v) is 6.58. The predicted octanol–water partition coefficient (Wildman–Crippen LogP) is 0.734. The second-order valence-corrected chi connectivity index (χ2v) is 5.60. The van der Waals surface area contributed by atoms with Crippen LogP contribution >= 0.6 is 0 Å². The molecule has 3 nitrogen and oxygen atoms in total. The molecule has 1 aliphatic heterocycles. The summed E-state index contributed by atoms with van der Waals surface area (Å²) in [4.78, 5) is 11.0. The number of carbonyl (C=O) groups is 1. The number of hydrogen-bond donors (Lipinski definition) is 1. The average Bonchev–Trinajstić information content (AvgIpc) is 2.56. The molecule has 2 aliphatic rings. The highest BCUT2D eigenvalue weighted by atomic mass is 32.2. The van der Waals surface area contributed by atoms with Crippen LogP contribution in [0.5, 0.6) is 0 Å². The quantitative estimate of drug-likeness (QED) is 0.735. The van der Waals surface area contributed by atoms with Crippen molar-refractivity contribution in [2.45, 2.75) is 31.7 Å². The van der Waals surface area contributed by atoms with Gasteiger partial charge in [-0.05, 0) is 19.3 Å². The fourth-order valence-electron chi connectivity index (χ4n) is 1.91. The Labute approximate surface area is 86.4 Å². The first-order valence-electron chi connectivity index (χ1n) is 5.09. The molecule has 0 atom stereocenters. The normalized spacial score (nSPS) is 32.9. The standard InChI is InChI=1S/C10H15NO2S/c12-10-2-1-9(7-10)11-8-3-5-14(13)6-4-8/h7-8,11H,1-6H2. The number of allylic oxidation sites excluding steroid dienone is 2. The summed E-state index contributed by atoms with van der Waals surface area (Å²) in [5, 5.41) is 3.37. The van der Waals surface area contributed by atoms with Gasteiger partial charge < -0.3 is 5.32 Å². The van der Waals surface area contributed by atoms with E-state index < -0.39 is 10.8 Å². The van der Waals surface area contributed by atoms with Crippen LogP contribution in [0.4, 0.5) is 0 Å². The van der Waals surface area contributed by atoms with E-state index in [0.29, 0.717) is 12.5 Å². The summed E-state index contributed by atoms with van der Waals surface area (Å²) in [7, 11) is -0.597. The highest BCUT2D eigenvalue weighted by Gasteiger charge is 2.20. The number of hydrogen-bond acceptors (Lipinski definition) is 3. The van der Waals surface area contributed by atoms with Crippen molar-refractivity contribution < 1.29 is 9.00 Å². The average molecular weight is 213 g/mol. The maximum absolute atomic E-state index is 11.1. The van der Waals surface area contributed by atoms with E-state index in [2.05, 4.69) is 5.32 Å². The molecule has 0 aromatic rings. The fourth-order valence-corrected chi connectivity index (χ4v) is 3.21. The van der Waals surface area contributed by atoms with Crippen molar-refractivity contribution in [3.63, 3.8) is 0 Å². The number of rotatable bonds is 2. The van der Waals surface area contributed by atoms with Crippen molar-refractivity contribution in [2.24, 2.45) is 0 Å². The summed E-state index contributed by atoms with van der Waals surface area (Å²) in [6.07, 6.45) is 5.17. The highest BCUT2D eigenvalue weighted by molar-refractivity contribution is 7.85. The first kappa shape index (κ1) is 9.90. The van der Waals surface area contributed by atoms with Gasteiger partial charge in [-0.25, -0.2) is 0 Å². The Kier molecular flexibility index (Phi) is 3.01. The smallest absolute Gasteiger partial charge is 0.157 e. The second-order valence-electron chi connectivity index (χ2n) is 3.90. The molecule has 4 heteroatoms. The largest absolute Gasteiger partial charge is 0.385 e. The molecule has 1 N–H and O–H groups in total. The summed E-state index contributed by atoms with van der Waals surface area (Å²) < 4.78 is 11.1. The molecular formula is C10H15NO2S. The van der Waals surface area contributed by atoms with Crippen molar-refractivity contribution in [1.82, 2.24) is 5.32 Å². The molecule has 0 radical (unpaired) electrons. The minimum Gasteiger partial charge on any atom is -0.385 e. The van der Waals surface area contributed by atoms with Gasteiger partial charge >= 0.3 is 0 Å². The molecule has 78 valence electrons. The van der Waals surface area contributed by atoms with Crippen molar-refractivity contribution in [2.75, 3.05) is 11.5 Å². The van der Waals surface area contributed by atoms with Gasteiger partial charge in [0, 0.05) is 46.5 Å². The van der Waals surface area contributed by atoms with Crippen LogP contribution < -0.4 is 5.32 Å². The molecule has 1 fully saturated rings. The Balaban J connectivity index is 1.83. The Morgan fingerprint density at radius 1 is 1.29 bits per heavy atom. The van der Waals surface area contributed by atoms with Crippen LogP contribution in [0.25, 0.3) is 0 Å². The topological polar surface area (TPSA) is 46.2 Å². The molecule has 1 heterocycles. The maximum Gasteiger partial charge on any atom is 0.157 e. The van der Waals surface area contributed by atoms with Crippen molar-refractivity contribution >= 4 is 16.6 Å². The third-order valence-electron chi connectivity index (χ3n) is 2.75. The number of carbonyl (C=O) groups excluding carboxylic acids is 1.